The largest absolute Gasteiger partial charge is 0.315 e. The molecular formula is C18H36N2. The molecule has 0 bridgehead atoms. The average molecular weight is 280 g/mol. The lowest BCUT2D eigenvalue weighted by molar-refractivity contribution is -0.0166. The second-order valence-corrected chi connectivity index (χ2v) is 8.20. The third kappa shape index (κ3) is 4.73. The third-order valence-electron chi connectivity index (χ3n) is 5.49. The molecule has 0 aromatic heterocycles. The number of hydrogen-bond acceptors (Lipinski definition) is 2. The van der Waals surface area contributed by atoms with Gasteiger partial charge in [0.15, 0.2) is 0 Å². The SMILES string of the molecule is CC(C)CCN1CCC2(CC1)CC(CCNC(C)C)C2. The first-order chi connectivity index (χ1) is 9.49. The minimum Gasteiger partial charge on any atom is -0.315 e. The van der Waals surface area contributed by atoms with Gasteiger partial charge in [-0.2, -0.15) is 0 Å². The maximum absolute atomic E-state index is 3.56. The summed E-state index contributed by atoms with van der Waals surface area (Å²) in [6.45, 7) is 14.5. The van der Waals surface area contributed by atoms with E-state index in [-0.39, 0.29) is 0 Å². The Morgan fingerprint density at radius 3 is 2.30 bits per heavy atom. The summed E-state index contributed by atoms with van der Waals surface area (Å²) < 4.78 is 0. The molecule has 118 valence electrons. The van der Waals surface area contributed by atoms with E-state index >= 15 is 0 Å². The van der Waals surface area contributed by atoms with E-state index in [0.717, 1.165) is 17.3 Å². The van der Waals surface area contributed by atoms with E-state index in [1.54, 1.807) is 0 Å². The summed E-state index contributed by atoms with van der Waals surface area (Å²) in [5.41, 5.74) is 0.761. The molecule has 1 aliphatic heterocycles. The average Bonchev–Trinajstić information content (AvgIpc) is 2.35. The van der Waals surface area contributed by atoms with Crippen LogP contribution in [0, 0.1) is 17.3 Å². The highest BCUT2D eigenvalue weighted by atomic mass is 15.1. The van der Waals surface area contributed by atoms with Crippen LogP contribution in [0.2, 0.25) is 0 Å². The van der Waals surface area contributed by atoms with Gasteiger partial charge in [0.2, 0.25) is 0 Å². The van der Waals surface area contributed by atoms with Crippen molar-refractivity contribution in [2.24, 2.45) is 17.3 Å². The van der Waals surface area contributed by atoms with Crippen LogP contribution in [-0.2, 0) is 0 Å². The van der Waals surface area contributed by atoms with Gasteiger partial charge in [-0.1, -0.05) is 27.7 Å². The zero-order valence-electron chi connectivity index (χ0n) is 14.3. The topological polar surface area (TPSA) is 15.3 Å². The van der Waals surface area contributed by atoms with Gasteiger partial charge in [0.25, 0.3) is 0 Å². The molecule has 0 atom stereocenters. The van der Waals surface area contributed by atoms with E-state index in [1.165, 1.54) is 64.7 Å². The zero-order chi connectivity index (χ0) is 14.6. The van der Waals surface area contributed by atoms with Crippen molar-refractivity contribution in [2.45, 2.75) is 72.3 Å². The van der Waals surface area contributed by atoms with Crippen LogP contribution in [0.15, 0.2) is 0 Å². The second-order valence-electron chi connectivity index (χ2n) is 8.20. The van der Waals surface area contributed by atoms with Crippen LogP contribution in [0.3, 0.4) is 0 Å². The smallest absolute Gasteiger partial charge is 0.00103 e. The first-order valence-corrected chi connectivity index (χ1v) is 8.95. The lowest BCUT2D eigenvalue weighted by Gasteiger charge is -2.52. The van der Waals surface area contributed by atoms with Crippen molar-refractivity contribution in [3.05, 3.63) is 0 Å². The number of hydrogen-bond donors (Lipinski definition) is 1. The normalized spacial score (nSPS) is 23.7. The summed E-state index contributed by atoms with van der Waals surface area (Å²) in [6.07, 6.45) is 8.75. The van der Waals surface area contributed by atoms with Crippen LogP contribution < -0.4 is 5.32 Å². The van der Waals surface area contributed by atoms with E-state index in [2.05, 4.69) is 37.9 Å². The Hall–Kier alpha value is -0.0800. The third-order valence-corrected chi connectivity index (χ3v) is 5.49. The first-order valence-electron chi connectivity index (χ1n) is 8.95. The monoisotopic (exact) mass is 280 g/mol. The lowest BCUT2D eigenvalue weighted by Crippen LogP contribution is -2.47. The first kappa shape index (κ1) is 16.3. The number of nitrogens with zero attached hydrogens (tertiary/aromatic N) is 1. The van der Waals surface area contributed by atoms with Crippen LogP contribution in [0.4, 0.5) is 0 Å². The molecule has 1 saturated carbocycles. The van der Waals surface area contributed by atoms with Crippen molar-refractivity contribution >= 4 is 0 Å². The molecule has 1 spiro atoms. The molecule has 2 heteroatoms. The standard InChI is InChI=1S/C18H36N2/c1-15(2)6-10-20-11-7-18(8-12-20)13-17(14-18)5-9-19-16(3)4/h15-17,19H,5-14H2,1-4H3. The van der Waals surface area contributed by atoms with Gasteiger partial charge in [-0.05, 0) is 82.0 Å². The van der Waals surface area contributed by atoms with Crippen LogP contribution >= 0.6 is 0 Å². The molecular weight excluding hydrogens is 244 g/mol. The maximum atomic E-state index is 3.56. The predicted octanol–water partition coefficient (Wildman–Crippen LogP) is 3.91. The Bertz CT molecular complexity index is 262. The van der Waals surface area contributed by atoms with Gasteiger partial charge in [0, 0.05) is 6.04 Å². The Kier molecular flexibility index (Phi) is 5.92. The molecule has 2 nitrogen and oxygen atoms in total. The van der Waals surface area contributed by atoms with Gasteiger partial charge in [-0.15, -0.1) is 0 Å². The Morgan fingerprint density at radius 2 is 1.75 bits per heavy atom. The Balaban J connectivity index is 1.58. The Labute approximate surface area is 126 Å². The molecule has 2 aliphatic rings. The minimum absolute atomic E-state index is 0.647. The van der Waals surface area contributed by atoms with Crippen LogP contribution in [-0.4, -0.2) is 37.1 Å². The quantitative estimate of drug-likeness (QED) is 0.760. The van der Waals surface area contributed by atoms with E-state index in [9.17, 15) is 0 Å². The van der Waals surface area contributed by atoms with Gasteiger partial charge in [0.1, 0.15) is 0 Å². The molecule has 0 amide bonds. The zero-order valence-corrected chi connectivity index (χ0v) is 14.3. The van der Waals surface area contributed by atoms with Crippen molar-refractivity contribution in [3.63, 3.8) is 0 Å². The van der Waals surface area contributed by atoms with Crippen molar-refractivity contribution in [3.8, 4) is 0 Å². The number of piperidine rings is 1. The number of rotatable bonds is 7. The fraction of sp³-hybridized carbons (Fsp3) is 1.00. The molecule has 0 aromatic carbocycles. The predicted molar refractivity (Wildman–Crippen MR) is 88.0 cm³/mol. The van der Waals surface area contributed by atoms with Gasteiger partial charge < -0.3 is 10.2 Å². The van der Waals surface area contributed by atoms with Gasteiger partial charge in [-0.25, -0.2) is 0 Å². The van der Waals surface area contributed by atoms with E-state index < -0.39 is 0 Å². The summed E-state index contributed by atoms with van der Waals surface area (Å²) in [4.78, 5) is 2.71. The summed E-state index contributed by atoms with van der Waals surface area (Å²) in [5, 5.41) is 3.56. The van der Waals surface area contributed by atoms with E-state index in [1.807, 2.05) is 0 Å². The summed E-state index contributed by atoms with van der Waals surface area (Å²) in [6, 6.07) is 0.647. The lowest BCUT2D eigenvalue weighted by atomic mass is 9.57. The fourth-order valence-electron chi connectivity index (χ4n) is 4.05. The molecule has 0 aromatic rings. The fourth-order valence-corrected chi connectivity index (χ4v) is 4.05. The van der Waals surface area contributed by atoms with E-state index in [0.29, 0.717) is 6.04 Å². The van der Waals surface area contributed by atoms with E-state index in [4.69, 9.17) is 0 Å². The van der Waals surface area contributed by atoms with Crippen LogP contribution in [0.1, 0.15) is 66.2 Å². The number of nitrogens with one attached hydrogen (secondary N) is 1. The molecule has 20 heavy (non-hydrogen) atoms. The van der Waals surface area contributed by atoms with Crippen molar-refractivity contribution in [1.29, 1.82) is 0 Å². The van der Waals surface area contributed by atoms with Gasteiger partial charge in [-0.3, -0.25) is 0 Å². The van der Waals surface area contributed by atoms with Crippen molar-refractivity contribution in [1.82, 2.24) is 10.2 Å². The molecule has 1 aliphatic carbocycles. The Morgan fingerprint density at radius 1 is 1.10 bits per heavy atom. The highest BCUT2D eigenvalue weighted by Gasteiger charge is 2.44. The van der Waals surface area contributed by atoms with Gasteiger partial charge >= 0.3 is 0 Å². The molecule has 1 heterocycles. The highest BCUT2D eigenvalue weighted by Crippen LogP contribution is 2.53. The summed E-state index contributed by atoms with van der Waals surface area (Å²) in [5.74, 6) is 1.87. The molecule has 1 saturated heterocycles. The number of likely N-dealkylation sites (tertiary alicyclic amines) is 1. The van der Waals surface area contributed by atoms with Crippen LogP contribution in [0.5, 0.6) is 0 Å². The van der Waals surface area contributed by atoms with Crippen LogP contribution in [0.25, 0.3) is 0 Å². The molecule has 2 fully saturated rings. The van der Waals surface area contributed by atoms with Gasteiger partial charge in [0.05, 0.1) is 0 Å². The minimum atomic E-state index is 0.647. The highest BCUT2D eigenvalue weighted by molar-refractivity contribution is 4.97. The molecule has 0 unspecified atom stereocenters. The molecule has 1 N–H and O–H groups in total. The summed E-state index contributed by atoms with van der Waals surface area (Å²) >= 11 is 0. The maximum Gasteiger partial charge on any atom is 0.00103 e. The molecule has 0 radical (unpaired) electrons. The molecule has 2 rings (SSSR count). The second kappa shape index (κ2) is 7.26. The van der Waals surface area contributed by atoms with Crippen molar-refractivity contribution < 1.29 is 0 Å². The van der Waals surface area contributed by atoms with Crippen molar-refractivity contribution in [2.75, 3.05) is 26.2 Å². The summed E-state index contributed by atoms with van der Waals surface area (Å²) in [7, 11) is 0.